The first kappa shape index (κ1) is 16.6. The molecule has 0 bridgehead atoms. The fourth-order valence-corrected chi connectivity index (χ4v) is 4.33. The first-order valence-electron chi connectivity index (χ1n) is 7.25. The summed E-state index contributed by atoms with van der Waals surface area (Å²) in [5, 5.41) is 7.97. The number of hydrogen-bond donors (Lipinski definition) is 1. The molecule has 1 N–H and O–H groups in total. The summed E-state index contributed by atoms with van der Waals surface area (Å²) in [7, 11) is 1.64. The first-order chi connectivity index (χ1) is 12.1. The summed E-state index contributed by atoms with van der Waals surface area (Å²) < 4.78 is 6.32. The van der Waals surface area contributed by atoms with Gasteiger partial charge in [0.1, 0.15) is 5.75 Å². The van der Waals surface area contributed by atoms with Crippen LogP contribution in [0.25, 0.3) is 21.5 Å². The third kappa shape index (κ3) is 3.43. The van der Waals surface area contributed by atoms with Crippen LogP contribution in [-0.2, 0) is 0 Å². The maximum Gasteiger partial charge on any atom is 0.190 e. The lowest BCUT2D eigenvalue weighted by Crippen LogP contribution is -1.88. The monoisotopic (exact) mass is 407 g/mol. The molecule has 0 saturated carbocycles. The van der Waals surface area contributed by atoms with Crippen LogP contribution >= 0.6 is 45.9 Å². The van der Waals surface area contributed by atoms with E-state index in [-0.39, 0.29) is 0 Å². The second-order valence-electron chi connectivity index (χ2n) is 5.14. The minimum Gasteiger partial charge on any atom is -0.497 e. The number of ether oxygens (including phenoxy) is 1. The van der Waals surface area contributed by atoms with Gasteiger partial charge >= 0.3 is 0 Å². The van der Waals surface area contributed by atoms with Crippen LogP contribution in [0.1, 0.15) is 0 Å². The van der Waals surface area contributed by atoms with Crippen LogP contribution in [0, 0.1) is 0 Å². The Morgan fingerprint density at radius 3 is 2.76 bits per heavy atom. The minimum absolute atomic E-state index is 0.619. The van der Waals surface area contributed by atoms with Crippen molar-refractivity contribution in [2.45, 2.75) is 0 Å². The van der Waals surface area contributed by atoms with Crippen molar-refractivity contribution in [3.8, 4) is 17.0 Å². The number of anilines is 2. The molecule has 4 nitrogen and oxygen atoms in total. The van der Waals surface area contributed by atoms with E-state index in [0.29, 0.717) is 10.0 Å². The van der Waals surface area contributed by atoms with Crippen molar-refractivity contribution in [2.75, 3.05) is 12.4 Å². The number of halogens is 2. The first-order valence-corrected chi connectivity index (χ1v) is 9.70. The highest BCUT2D eigenvalue weighted by Gasteiger charge is 2.11. The number of rotatable bonds is 4. The van der Waals surface area contributed by atoms with Gasteiger partial charge in [0.05, 0.1) is 28.0 Å². The average molecular weight is 408 g/mol. The molecule has 0 aliphatic rings. The molecule has 2 aromatic heterocycles. The van der Waals surface area contributed by atoms with Crippen molar-refractivity contribution in [1.29, 1.82) is 0 Å². The Hall–Kier alpha value is -1.86. The van der Waals surface area contributed by atoms with Crippen LogP contribution in [0.3, 0.4) is 0 Å². The van der Waals surface area contributed by atoms with Crippen LogP contribution in [0.5, 0.6) is 5.75 Å². The Bertz CT molecular complexity index is 1060. The number of aromatic nitrogens is 2. The van der Waals surface area contributed by atoms with E-state index in [1.807, 2.05) is 29.6 Å². The van der Waals surface area contributed by atoms with Gasteiger partial charge < -0.3 is 10.1 Å². The van der Waals surface area contributed by atoms with Crippen LogP contribution in [0.15, 0.2) is 41.8 Å². The van der Waals surface area contributed by atoms with Gasteiger partial charge in [0.25, 0.3) is 0 Å². The molecule has 0 atom stereocenters. The Labute approximate surface area is 162 Å². The molecule has 25 heavy (non-hydrogen) atoms. The molecule has 0 amide bonds. The summed E-state index contributed by atoms with van der Waals surface area (Å²) in [4.78, 5) is 9.17. The highest BCUT2D eigenvalue weighted by atomic mass is 35.5. The van der Waals surface area contributed by atoms with Gasteiger partial charge in [0.15, 0.2) is 10.3 Å². The predicted octanol–water partition coefficient (Wildman–Crippen LogP) is 6.48. The van der Waals surface area contributed by atoms with Crippen LogP contribution < -0.4 is 10.1 Å². The van der Waals surface area contributed by atoms with Gasteiger partial charge in [-0.2, -0.15) is 0 Å². The predicted molar refractivity (Wildman–Crippen MR) is 107 cm³/mol. The Kier molecular flexibility index (Phi) is 4.52. The Morgan fingerprint density at radius 2 is 1.92 bits per heavy atom. The molecule has 0 fully saturated rings. The molecule has 0 spiro atoms. The van der Waals surface area contributed by atoms with Crippen molar-refractivity contribution >= 4 is 66.4 Å². The molecular formula is C17H11Cl2N3OS2. The van der Waals surface area contributed by atoms with E-state index in [2.05, 4.69) is 15.3 Å². The highest BCUT2D eigenvalue weighted by molar-refractivity contribution is 7.22. The smallest absolute Gasteiger partial charge is 0.190 e. The fourth-order valence-electron chi connectivity index (χ4n) is 2.33. The standard InChI is InChI=1S/C17H11Cl2N3OS2/c1-23-10-3-5-15-13(7-10)20-17(25-15)22-16-21-14(8-24-16)11-6-9(18)2-4-12(11)19/h2-8H,1H3,(H,20,21,22). The molecule has 0 radical (unpaired) electrons. The molecule has 0 unspecified atom stereocenters. The van der Waals surface area contributed by atoms with Gasteiger partial charge in [-0.1, -0.05) is 34.5 Å². The number of nitrogens with zero attached hydrogens (tertiary/aromatic N) is 2. The molecule has 126 valence electrons. The molecule has 4 aromatic rings. The van der Waals surface area contributed by atoms with Gasteiger partial charge in [-0.15, -0.1) is 11.3 Å². The number of methoxy groups -OCH3 is 1. The van der Waals surface area contributed by atoms with Crippen LogP contribution in [0.4, 0.5) is 10.3 Å². The number of nitrogens with one attached hydrogen (secondary N) is 1. The quantitative estimate of drug-likeness (QED) is 0.420. The highest BCUT2D eigenvalue weighted by Crippen LogP contribution is 2.35. The van der Waals surface area contributed by atoms with Crippen molar-refractivity contribution in [3.63, 3.8) is 0 Å². The lowest BCUT2D eigenvalue weighted by Gasteiger charge is -2.01. The van der Waals surface area contributed by atoms with E-state index in [0.717, 1.165) is 37.5 Å². The number of hydrogen-bond acceptors (Lipinski definition) is 6. The summed E-state index contributed by atoms with van der Waals surface area (Å²) in [6, 6.07) is 11.2. The van der Waals surface area contributed by atoms with Gasteiger partial charge in [0.2, 0.25) is 0 Å². The van der Waals surface area contributed by atoms with E-state index in [1.165, 1.54) is 11.3 Å². The lowest BCUT2D eigenvalue weighted by molar-refractivity contribution is 0.415. The SMILES string of the molecule is COc1ccc2sc(Nc3nc(-c4cc(Cl)ccc4Cl)cs3)nc2c1. The van der Waals surface area contributed by atoms with E-state index < -0.39 is 0 Å². The molecule has 8 heteroatoms. The largest absolute Gasteiger partial charge is 0.497 e. The van der Waals surface area contributed by atoms with Gasteiger partial charge in [-0.3, -0.25) is 0 Å². The second kappa shape index (κ2) is 6.80. The number of benzene rings is 2. The molecule has 2 aromatic carbocycles. The normalized spacial score (nSPS) is 11.0. The Balaban J connectivity index is 1.61. The minimum atomic E-state index is 0.619. The average Bonchev–Trinajstić information content (AvgIpc) is 3.22. The van der Waals surface area contributed by atoms with Crippen LogP contribution in [-0.4, -0.2) is 17.1 Å². The topological polar surface area (TPSA) is 47.0 Å². The molecular weight excluding hydrogens is 397 g/mol. The van der Waals surface area contributed by atoms with Crippen LogP contribution in [0.2, 0.25) is 10.0 Å². The van der Waals surface area contributed by atoms with E-state index in [9.17, 15) is 0 Å². The molecule has 4 rings (SSSR count). The fraction of sp³-hybridized carbons (Fsp3) is 0.0588. The zero-order chi connectivity index (χ0) is 17.4. The van der Waals surface area contributed by atoms with Crippen molar-refractivity contribution in [1.82, 2.24) is 9.97 Å². The number of thiazole rings is 2. The molecule has 0 saturated heterocycles. The summed E-state index contributed by atoms with van der Waals surface area (Å²) in [6.45, 7) is 0. The summed E-state index contributed by atoms with van der Waals surface area (Å²) >= 11 is 15.4. The zero-order valence-corrected chi connectivity index (χ0v) is 16.1. The third-order valence-electron chi connectivity index (χ3n) is 3.52. The summed E-state index contributed by atoms with van der Waals surface area (Å²) in [6.07, 6.45) is 0. The second-order valence-corrected chi connectivity index (χ2v) is 7.87. The number of fused-ring (bicyclic) bond motifs is 1. The van der Waals surface area contributed by atoms with E-state index in [4.69, 9.17) is 27.9 Å². The van der Waals surface area contributed by atoms with E-state index in [1.54, 1.807) is 30.6 Å². The van der Waals surface area contributed by atoms with Gasteiger partial charge in [-0.05, 0) is 30.3 Å². The summed E-state index contributed by atoms with van der Waals surface area (Å²) in [5.74, 6) is 0.788. The molecule has 0 aliphatic heterocycles. The zero-order valence-electron chi connectivity index (χ0n) is 12.9. The molecule has 2 heterocycles. The molecule has 0 aliphatic carbocycles. The lowest BCUT2D eigenvalue weighted by atomic mass is 10.2. The van der Waals surface area contributed by atoms with Crippen molar-refractivity contribution < 1.29 is 4.74 Å². The Morgan fingerprint density at radius 1 is 1.04 bits per heavy atom. The van der Waals surface area contributed by atoms with Crippen molar-refractivity contribution in [2.24, 2.45) is 0 Å². The maximum absolute atomic E-state index is 6.25. The summed E-state index contributed by atoms with van der Waals surface area (Å²) in [5.41, 5.74) is 2.48. The van der Waals surface area contributed by atoms with Gasteiger partial charge in [0, 0.05) is 22.0 Å². The third-order valence-corrected chi connectivity index (χ3v) is 5.79. The maximum atomic E-state index is 6.25. The van der Waals surface area contributed by atoms with Crippen molar-refractivity contribution in [3.05, 3.63) is 51.8 Å². The van der Waals surface area contributed by atoms with Gasteiger partial charge in [-0.25, -0.2) is 9.97 Å². The van der Waals surface area contributed by atoms with E-state index >= 15 is 0 Å².